The zero-order valence-corrected chi connectivity index (χ0v) is 10.5. The zero-order chi connectivity index (χ0) is 13.1. The molecule has 0 fully saturated rings. The van der Waals surface area contributed by atoms with Gasteiger partial charge in [-0.15, -0.1) is 0 Å². The van der Waals surface area contributed by atoms with Gasteiger partial charge < -0.3 is 9.84 Å². The molecular weight excluding hydrogens is 230 g/mol. The van der Waals surface area contributed by atoms with Crippen LogP contribution in [0, 0.1) is 0 Å². The maximum absolute atomic E-state index is 11.9. The number of amides is 1. The molecule has 0 unspecified atom stereocenters. The molecule has 4 heteroatoms. The van der Waals surface area contributed by atoms with Gasteiger partial charge in [-0.25, -0.2) is 4.79 Å². The van der Waals surface area contributed by atoms with E-state index in [1.54, 1.807) is 4.90 Å². The van der Waals surface area contributed by atoms with Gasteiger partial charge in [-0.2, -0.15) is 0 Å². The number of ether oxygens (including phenoxy) is 1. The van der Waals surface area contributed by atoms with Crippen LogP contribution in [0.2, 0.25) is 0 Å². The van der Waals surface area contributed by atoms with Crippen LogP contribution < -0.4 is 4.90 Å². The smallest absolute Gasteiger partial charge is 0.414 e. The predicted molar refractivity (Wildman–Crippen MR) is 69.8 cm³/mol. The zero-order valence-electron chi connectivity index (χ0n) is 10.5. The summed E-state index contributed by atoms with van der Waals surface area (Å²) in [5, 5.41) is 9.57. The van der Waals surface area contributed by atoms with Gasteiger partial charge in [-0.05, 0) is 18.6 Å². The Morgan fingerprint density at radius 1 is 1.50 bits per heavy atom. The summed E-state index contributed by atoms with van der Waals surface area (Å²) in [7, 11) is 1.37. The van der Waals surface area contributed by atoms with E-state index in [9.17, 15) is 9.90 Å². The van der Waals surface area contributed by atoms with E-state index in [0.29, 0.717) is 0 Å². The van der Waals surface area contributed by atoms with Crippen LogP contribution in [-0.2, 0) is 4.74 Å². The van der Waals surface area contributed by atoms with E-state index in [-0.39, 0.29) is 18.6 Å². The summed E-state index contributed by atoms with van der Waals surface area (Å²) in [4.78, 5) is 13.5. The molecule has 0 saturated heterocycles. The largest absolute Gasteiger partial charge is 0.452 e. The topological polar surface area (TPSA) is 49.8 Å². The lowest BCUT2D eigenvalue weighted by Gasteiger charge is -2.24. The molecule has 1 aliphatic heterocycles. The van der Waals surface area contributed by atoms with Gasteiger partial charge in [0.25, 0.3) is 0 Å². The molecule has 0 bridgehead atoms. The van der Waals surface area contributed by atoms with Gasteiger partial charge >= 0.3 is 6.09 Å². The molecule has 1 aromatic rings. The minimum atomic E-state index is -0.401. The lowest BCUT2D eigenvalue weighted by atomic mass is 9.95. The van der Waals surface area contributed by atoms with E-state index < -0.39 is 6.09 Å². The van der Waals surface area contributed by atoms with Crippen LogP contribution in [0.3, 0.4) is 0 Å². The Hall–Kier alpha value is -1.81. The molecule has 0 saturated carbocycles. The molecule has 1 amide bonds. The molecular formula is C14H17NO3. The molecule has 1 heterocycles. The van der Waals surface area contributed by atoms with Crippen LogP contribution in [0.1, 0.15) is 18.4 Å². The summed E-state index contributed by atoms with van der Waals surface area (Å²) < 4.78 is 4.83. The van der Waals surface area contributed by atoms with Crippen molar-refractivity contribution in [3.63, 3.8) is 0 Å². The number of carbonyl (C=O) groups is 1. The van der Waals surface area contributed by atoms with Gasteiger partial charge in [0.05, 0.1) is 25.4 Å². The average molecular weight is 247 g/mol. The number of rotatable bonds is 2. The Morgan fingerprint density at radius 3 is 2.83 bits per heavy atom. The molecule has 1 aromatic carbocycles. The van der Waals surface area contributed by atoms with E-state index in [4.69, 9.17) is 4.74 Å². The van der Waals surface area contributed by atoms with Crippen molar-refractivity contribution in [2.24, 2.45) is 0 Å². The van der Waals surface area contributed by atoms with Crippen molar-refractivity contribution in [3.05, 3.63) is 42.0 Å². The number of fused-ring (bicyclic) bond motifs is 1. The predicted octanol–water partition coefficient (Wildman–Crippen LogP) is 2.29. The minimum absolute atomic E-state index is 0.000482. The monoisotopic (exact) mass is 247 g/mol. The van der Waals surface area contributed by atoms with Crippen LogP contribution in [0.25, 0.3) is 0 Å². The second-order valence-corrected chi connectivity index (χ2v) is 4.20. The molecule has 4 nitrogen and oxygen atoms in total. The summed E-state index contributed by atoms with van der Waals surface area (Å²) in [5.74, 6) is -0.100. The van der Waals surface area contributed by atoms with Gasteiger partial charge in [0, 0.05) is 5.92 Å². The summed E-state index contributed by atoms with van der Waals surface area (Å²) >= 11 is 0. The quantitative estimate of drug-likeness (QED) is 0.816. The SMILES string of the molecule is C/C=C/[C@@H]1[C@H](CO)c2ccccc2N1C(=O)OC. The first-order valence-corrected chi connectivity index (χ1v) is 5.94. The molecule has 96 valence electrons. The third kappa shape index (κ3) is 1.88. The van der Waals surface area contributed by atoms with E-state index in [0.717, 1.165) is 11.3 Å². The van der Waals surface area contributed by atoms with Gasteiger partial charge in [0.15, 0.2) is 0 Å². The Kier molecular flexibility index (Phi) is 3.67. The van der Waals surface area contributed by atoms with E-state index >= 15 is 0 Å². The van der Waals surface area contributed by atoms with Crippen LogP contribution in [0.5, 0.6) is 0 Å². The number of aliphatic hydroxyl groups excluding tert-OH is 1. The van der Waals surface area contributed by atoms with Crippen molar-refractivity contribution in [1.82, 2.24) is 0 Å². The highest BCUT2D eigenvalue weighted by molar-refractivity contribution is 5.92. The Labute approximate surface area is 106 Å². The molecule has 18 heavy (non-hydrogen) atoms. The number of nitrogens with zero attached hydrogens (tertiary/aromatic N) is 1. The van der Waals surface area contributed by atoms with Gasteiger partial charge in [-0.3, -0.25) is 4.90 Å². The fourth-order valence-corrected chi connectivity index (χ4v) is 2.49. The first kappa shape index (κ1) is 12.6. The average Bonchev–Trinajstić information content (AvgIpc) is 2.71. The number of allylic oxidation sites excluding steroid dienone is 1. The minimum Gasteiger partial charge on any atom is -0.452 e. The van der Waals surface area contributed by atoms with Crippen LogP contribution in [0.4, 0.5) is 10.5 Å². The maximum Gasteiger partial charge on any atom is 0.414 e. The standard InChI is InChI=1S/C14H17NO3/c1-3-6-12-11(9-16)10-7-4-5-8-13(10)15(12)14(17)18-2/h3-8,11-12,16H,9H2,1-2H3/b6-3+/t11-,12-/m1/s1. The summed E-state index contributed by atoms with van der Waals surface area (Å²) in [6.07, 6.45) is 3.40. The van der Waals surface area contributed by atoms with Crippen molar-refractivity contribution in [3.8, 4) is 0 Å². The maximum atomic E-state index is 11.9. The molecule has 2 atom stereocenters. The van der Waals surface area contributed by atoms with Crippen LogP contribution >= 0.6 is 0 Å². The van der Waals surface area contributed by atoms with Crippen molar-refractivity contribution < 1.29 is 14.6 Å². The summed E-state index contributed by atoms with van der Waals surface area (Å²) in [5.41, 5.74) is 1.79. The fourth-order valence-electron chi connectivity index (χ4n) is 2.49. The number of para-hydroxylation sites is 1. The highest BCUT2D eigenvalue weighted by Gasteiger charge is 2.40. The number of benzene rings is 1. The Bertz CT molecular complexity index is 470. The van der Waals surface area contributed by atoms with E-state index in [1.807, 2.05) is 43.3 Å². The summed E-state index contributed by atoms with van der Waals surface area (Å²) in [6.45, 7) is 1.90. The molecule has 0 aromatic heterocycles. The number of aliphatic hydroxyl groups is 1. The van der Waals surface area contributed by atoms with E-state index in [2.05, 4.69) is 0 Å². The number of methoxy groups -OCH3 is 1. The highest BCUT2D eigenvalue weighted by atomic mass is 16.5. The Balaban J connectivity index is 2.51. The second kappa shape index (κ2) is 5.23. The first-order chi connectivity index (χ1) is 8.74. The number of carbonyl (C=O) groups excluding carboxylic acids is 1. The molecule has 0 aliphatic carbocycles. The van der Waals surface area contributed by atoms with E-state index in [1.165, 1.54) is 7.11 Å². The van der Waals surface area contributed by atoms with Crippen LogP contribution in [-0.4, -0.2) is 31.0 Å². The van der Waals surface area contributed by atoms with Crippen molar-refractivity contribution in [2.45, 2.75) is 18.9 Å². The molecule has 1 aliphatic rings. The normalized spacial score (nSPS) is 22.3. The third-order valence-corrected chi connectivity index (χ3v) is 3.26. The van der Waals surface area contributed by atoms with Crippen molar-refractivity contribution in [1.29, 1.82) is 0 Å². The number of anilines is 1. The fraction of sp³-hybridized carbons (Fsp3) is 0.357. The van der Waals surface area contributed by atoms with Gasteiger partial charge in [0.1, 0.15) is 0 Å². The van der Waals surface area contributed by atoms with Gasteiger partial charge in [-0.1, -0.05) is 30.4 Å². The molecule has 0 radical (unpaired) electrons. The highest BCUT2D eigenvalue weighted by Crippen LogP contribution is 2.41. The number of hydrogen-bond acceptors (Lipinski definition) is 3. The lowest BCUT2D eigenvalue weighted by molar-refractivity contribution is 0.175. The van der Waals surface area contributed by atoms with Crippen molar-refractivity contribution >= 4 is 11.8 Å². The summed E-state index contributed by atoms with van der Waals surface area (Å²) in [6, 6.07) is 7.41. The first-order valence-electron chi connectivity index (χ1n) is 5.94. The van der Waals surface area contributed by atoms with Crippen LogP contribution in [0.15, 0.2) is 36.4 Å². The molecule has 2 rings (SSSR count). The lowest BCUT2D eigenvalue weighted by Crippen LogP contribution is -2.38. The van der Waals surface area contributed by atoms with Crippen molar-refractivity contribution in [2.75, 3.05) is 18.6 Å². The van der Waals surface area contributed by atoms with Gasteiger partial charge in [0.2, 0.25) is 0 Å². The Morgan fingerprint density at radius 2 is 2.22 bits per heavy atom. The number of hydrogen-bond donors (Lipinski definition) is 1. The molecule has 1 N–H and O–H groups in total. The third-order valence-electron chi connectivity index (χ3n) is 3.26. The second-order valence-electron chi connectivity index (χ2n) is 4.20. The molecule has 0 spiro atoms.